The summed E-state index contributed by atoms with van der Waals surface area (Å²) in [6.07, 6.45) is 0. The normalized spacial score (nSPS) is 12.5. The zero-order valence-electron chi connectivity index (χ0n) is 18.7. The summed E-state index contributed by atoms with van der Waals surface area (Å²) in [6.45, 7) is 6.47. The molecule has 0 aliphatic rings. The van der Waals surface area contributed by atoms with E-state index < -0.39 is 6.04 Å². The zero-order chi connectivity index (χ0) is 22.5. The summed E-state index contributed by atoms with van der Waals surface area (Å²) in [5, 5.41) is 13.4. The quantitative estimate of drug-likeness (QED) is 0.437. The third kappa shape index (κ3) is 4.61. The Morgan fingerprint density at radius 2 is 1.97 bits per heavy atom. The summed E-state index contributed by atoms with van der Waals surface area (Å²) in [7, 11) is 1.64. The molecule has 0 bridgehead atoms. The second-order valence-electron chi connectivity index (χ2n) is 7.85. The van der Waals surface area contributed by atoms with Crippen LogP contribution in [0, 0.1) is 6.92 Å². The number of rotatable bonds is 9. The van der Waals surface area contributed by atoms with Crippen molar-refractivity contribution in [2.75, 3.05) is 20.3 Å². The Kier molecular flexibility index (Phi) is 6.72. The highest BCUT2D eigenvalue weighted by atomic mass is 16.5. The minimum Gasteiger partial charge on any atom is -0.383 e. The molecule has 2 heterocycles. The lowest BCUT2D eigenvalue weighted by atomic mass is 10.0. The summed E-state index contributed by atoms with van der Waals surface area (Å²) in [4.78, 5) is 18.5. The van der Waals surface area contributed by atoms with Gasteiger partial charge in [0.15, 0.2) is 5.82 Å². The van der Waals surface area contributed by atoms with Crippen molar-refractivity contribution < 1.29 is 4.74 Å². The lowest BCUT2D eigenvalue weighted by molar-refractivity contribution is 0.174. The summed E-state index contributed by atoms with van der Waals surface area (Å²) in [5.41, 5.74) is 3.58. The molecule has 2 aromatic carbocycles. The molecule has 4 aromatic rings. The number of nitrogens with one attached hydrogen (secondary N) is 1. The molecule has 0 saturated carbocycles. The van der Waals surface area contributed by atoms with Gasteiger partial charge in [0, 0.05) is 24.7 Å². The molecule has 0 fully saturated rings. The number of aryl methyl sites for hydroxylation is 1. The summed E-state index contributed by atoms with van der Waals surface area (Å²) < 4.78 is 6.96. The summed E-state index contributed by atoms with van der Waals surface area (Å²) >= 11 is 0. The molecule has 0 saturated heterocycles. The number of aromatic nitrogens is 5. The van der Waals surface area contributed by atoms with E-state index in [9.17, 15) is 4.79 Å². The number of hydrogen-bond donors (Lipinski definition) is 1. The number of hydrogen-bond acceptors (Lipinski definition) is 6. The highest BCUT2D eigenvalue weighted by Gasteiger charge is 2.29. The molecule has 8 nitrogen and oxygen atoms in total. The van der Waals surface area contributed by atoms with Crippen molar-refractivity contribution in [3.63, 3.8) is 0 Å². The standard InChI is InChI=1S/C24H28N6O2/c1-4-29(16-18-8-6-5-7-9-18)22(23-26-27-28-30(23)12-13-32-3)20-15-19-14-17(2)10-11-21(19)25-24(20)31/h5-11,14-15,22H,4,12-13,16H2,1-3H3,(H,25,31)/t22-/m0/s1. The molecule has 8 heteroatoms. The van der Waals surface area contributed by atoms with E-state index in [1.165, 1.54) is 0 Å². The van der Waals surface area contributed by atoms with Crippen molar-refractivity contribution in [2.45, 2.75) is 33.0 Å². The minimum atomic E-state index is -0.416. The van der Waals surface area contributed by atoms with Crippen molar-refractivity contribution in [2.24, 2.45) is 0 Å². The zero-order valence-corrected chi connectivity index (χ0v) is 18.7. The number of benzene rings is 2. The molecule has 0 radical (unpaired) electrons. The Balaban J connectivity index is 1.86. The van der Waals surface area contributed by atoms with Crippen LogP contribution < -0.4 is 5.56 Å². The number of nitrogens with zero attached hydrogens (tertiary/aromatic N) is 5. The van der Waals surface area contributed by atoms with Crippen molar-refractivity contribution >= 4 is 10.9 Å². The number of tetrazole rings is 1. The Morgan fingerprint density at radius 3 is 2.72 bits per heavy atom. The molecule has 166 valence electrons. The van der Waals surface area contributed by atoms with Crippen LogP contribution in [0.1, 0.15) is 35.5 Å². The van der Waals surface area contributed by atoms with Gasteiger partial charge < -0.3 is 9.72 Å². The van der Waals surface area contributed by atoms with Gasteiger partial charge in [-0.15, -0.1) is 5.10 Å². The highest BCUT2D eigenvalue weighted by Crippen LogP contribution is 2.28. The molecule has 0 spiro atoms. The van der Waals surface area contributed by atoms with E-state index >= 15 is 0 Å². The first-order valence-electron chi connectivity index (χ1n) is 10.8. The van der Waals surface area contributed by atoms with Crippen LogP contribution in [0.25, 0.3) is 10.9 Å². The monoisotopic (exact) mass is 432 g/mol. The van der Waals surface area contributed by atoms with Crippen LogP contribution in [0.3, 0.4) is 0 Å². The van der Waals surface area contributed by atoms with Crippen molar-refractivity contribution in [3.05, 3.63) is 87.5 Å². The van der Waals surface area contributed by atoms with Gasteiger partial charge in [0.25, 0.3) is 5.56 Å². The van der Waals surface area contributed by atoms with Gasteiger partial charge >= 0.3 is 0 Å². The Labute approximate surface area is 186 Å². The fraction of sp³-hybridized carbons (Fsp3) is 0.333. The van der Waals surface area contributed by atoms with Gasteiger partial charge in [0.05, 0.1) is 13.2 Å². The molecular formula is C24H28N6O2. The van der Waals surface area contributed by atoms with E-state index in [0.29, 0.717) is 37.6 Å². The fourth-order valence-electron chi connectivity index (χ4n) is 3.99. The SMILES string of the molecule is CCN(Cc1ccccc1)[C@@H](c1cc2cc(C)ccc2[nH]c1=O)c1nnnn1CCOC. The Bertz CT molecular complexity index is 1230. The van der Waals surface area contributed by atoms with Crippen LogP contribution in [0.2, 0.25) is 0 Å². The molecule has 32 heavy (non-hydrogen) atoms. The molecule has 0 aliphatic carbocycles. The average molecular weight is 433 g/mol. The maximum atomic E-state index is 13.3. The first kappa shape index (κ1) is 21.9. The predicted octanol–water partition coefficient (Wildman–Crippen LogP) is 3.08. The largest absolute Gasteiger partial charge is 0.383 e. The van der Waals surface area contributed by atoms with Crippen LogP contribution in [-0.4, -0.2) is 50.4 Å². The van der Waals surface area contributed by atoms with Crippen LogP contribution >= 0.6 is 0 Å². The van der Waals surface area contributed by atoms with Gasteiger partial charge in [-0.3, -0.25) is 9.69 Å². The van der Waals surface area contributed by atoms with Crippen LogP contribution in [0.5, 0.6) is 0 Å². The van der Waals surface area contributed by atoms with E-state index in [4.69, 9.17) is 4.74 Å². The van der Waals surface area contributed by atoms with Gasteiger partial charge in [-0.05, 0) is 53.0 Å². The lowest BCUT2D eigenvalue weighted by Gasteiger charge is -2.30. The maximum Gasteiger partial charge on any atom is 0.253 e. The van der Waals surface area contributed by atoms with Crippen LogP contribution in [0.4, 0.5) is 0 Å². The molecule has 0 aliphatic heterocycles. The summed E-state index contributed by atoms with van der Waals surface area (Å²) in [6, 6.07) is 17.8. The van der Waals surface area contributed by atoms with Gasteiger partial charge in [0.1, 0.15) is 6.04 Å². The molecule has 2 aromatic heterocycles. The number of fused-ring (bicyclic) bond motifs is 1. The minimum absolute atomic E-state index is 0.140. The topological polar surface area (TPSA) is 88.9 Å². The first-order chi connectivity index (χ1) is 15.6. The highest BCUT2D eigenvalue weighted by molar-refractivity contribution is 5.79. The van der Waals surface area contributed by atoms with Crippen LogP contribution in [-0.2, 0) is 17.8 Å². The van der Waals surface area contributed by atoms with Gasteiger partial charge in [-0.2, -0.15) is 0 Å². The second-order valence-corrected chi connectivity index (χ2v) is 7.85. The lowest BCUT2D eigenvalue weighted by Crippen LogP contribution is -2.35. The van der Waals surface area contributed by atoms with E-state index in [0.717, 1.165) is 22.0 Å². The maximum absolute atomic E-state index is 13.3. The van der Waals surface area contributed by atoms with Gasteiger partial charge in [-0.1, -0.05) is 48.9 Å². The van der Waals surface area contributed by atoms with Crippen molar-refractivity contribution in [1.29, 1.82) is 0 Å². The Hall–Kier alpha value is -3.36. The van der Waals surface area contributed by atoms with E-state index in [1.54, 1.807) is 11.8 Å². The van der Waals surface area contributed by atoms with Crippen molar-refractivity contribution in [3.8, 4) is 0 Å². The third-order valence-corrected chi connectivity index (χ3v) is 5.63. The fourth-order valence-corrected chi connectivity index (χ4v) is 3.99. The predicted molar refractivity (Wildman–Crippen MR) is 123 cm³/mol. The van der Waals surface area contributed by atoms with E-state index in [1.807, 2.05) is 43.3 Å². The molecular weight excluding hydrogens is 404 g/mol. The molecule has 1 atom stereocenters. The van der Waals surface area contributed by atoms with Gasteiger partial charge in [0.2, 0.25) is 0 Å². The molecule has 1 N–H and O–H groups in total. The van der Waals surface area contributed by atoms with Crippen molar-refractivity contribution in [1.82, 2.24) is 30.1 Å². The molecule has 0 unspecified atom stereocenters. The van der Waals surface area contributed by atoms with E-state index in [-0.39, 0.29) is 5.56 Å². The average Bonchev–Trinajstić information content (AvgIpc) is 3.26. The Morgan fingerprint density at radius 1 is 1.16 bits per heavy atom. The van der Waals surface area contributed by atoms with Gasteiger partial charge in [-0.25, -0.2) is 4.68 Å². The second kappa shape index (κ2) is 9.84. The first-order valence-corrected chi connectivity index (χ1v) is 10.8. The number of pyridine rings is 1. The van der Waals surface area contributed by atoms with Crippen LogP contribution in [0.15, 0.2) is 59.4 Å². The smallest absolute Gasteiger partial charge is 0.253 e. The number of aromatic amines is 1. The van der Waals surface area contributed by atoms with E-state index in [2.05, 4.69) is 50.5 Å². The number of ether oxygens (including phenoxy) is 1. The molecule has 4 rings (SSSR count). The third-order valence-electron chi connectivity index (χ3n) is 5.63. The number of H-pyrrole nitrogens is 1. The summed E-state index contributed by atoms with van der Waals surface area (Å²) in [5.74, 6) is 0.623. The number of methoxy groups -OCH3 is 1. The molecule has 0 amide bonds.